The van der Waals surface area contributed by atoms with Crippen molar-refractivity contribution in [3.05, 3.63) is 58.1 Å². The lowest BCUT2D eigenvalue weighted by Crippen LogP contribution is -2.41. The summed E-state index contributed by atoms with van der Waals surface area (Å²) in [7, 11) is 1.60. The van der Waals surface area contributed by atoms with Crippen LogP contribution in [0.3, 0.4) is 0 Å². The first-order valence-corrected chi connectivity index (χ1v) is 11.6. The van der Waals surface area contributed by atoms with Crippen molar-refractivity contribution in [3.63, 3.8) is 0 Å². The van der Waals surface area contributed by atoms with Gasteiger partial charge in [0.15, 0.2) is 11.5 Å². The molecule has 1 saturated carbocycles. The van der Waals surface area contributed by atoms with Gasteiger partial charge in [0.2, 0.25) is 5.91 Å². The molecule has 1 N–H and O–H groups in total. The van der Waals surface area contributed by atoms with Gasteiger partial charge in [0.1, 0.15) is 0 Å². The molecule has 33 heavy (non-hydrogen) atoms. The fourth-order valence-corrected chi connectivity index (χ4v) is 4.92. The van der Waals surface area contributed by atoms with E-state index in [0.717, 1.165) is 43.4 Å². The van der Waals surface area contributed by atoms with Crippen molar-refractivity contribution in [1.29, 1.82) is 0 Å². The largest absolute Gasteiger partial charge is 0.493 e. The normalized spacial score (nSPS) is 21.7. The molecule has 2 aliphatic rings. The van der Waals surface area contributed by atoms with Gasteiger partial charge in [-0.25, -0.2) is 0 Å². The molecule has 0 unspecified atom stereocenters. The Balaban J connectivity index is 1.52. The molecule has 2 fully saturated rings. The number of ether oxygens (including phenoxy) is 2. The summed E-state index contributed by atoms with van der Waals surface area (Å²) in [6.45, 7) is 0.459. The van der Waals surface area contributed by atoms with Gasteiger partial charge in [-0.05, 0) is 80.0 Å². The molecule has 2 aromatic carbocycles. The fourth-order valence-electron chi connectivity index (χ4n) is 4.73. The molecule has 178 valence electrons. The number of benzene rings is 2. The van der Waals surface area contributed by atoms with Crippen LogP contribution in [0, 0.1) is 5.92 Å². The smallest absolute Gasteiger partial charge is 0.416 e. The molecule has 4 nitrogen and oxygen atoms in total. The Bertz CT molecular complexity index is 1000. The number of methoxy groups -OCH3 is 1. The van der Waals surface area contributed by atoms with Crippen LogP contribution in [0.2, 0.25) is 5.02 Å². The van der Waals surface area contributed by atoms with E-state index in [-0.39, 0.29) is 29.4 Å². The molecule has 0 spiro atoms. The first-order chi connectivity index (χ1) is 15.7. The van der Waals surface area contributed by atoms with Gasteiger partial charge in [-0.1, -0.05) is 17.7 Å². The fraction of sp³-hybridized carbons (Fsp3) is 0.480. The van der Waals surface area contributed by atoms with Crippen molar-refractivity contribution in [2.24, 2.45) is 5.92 Å². The summed E-state index contributed by atoms with van der Waals surface area (Å²) in [4.78, 5) is 12.5. The summed E-state index contributed by atoms with van der Waals surface area (Å²) >= 11 is 6.17. The van der Waals surface area contributed by atoms with Gasteiger partial charge in [-0.3, -0.25) is 4.79 Å². The minimum Gasteiger partial charge on any atom is -0.493 e. The van der Waals surface area contributed by atoms with Crippen molar-refractivity contribution in [2.45, 2.75) is 56.7 Å². The van der Waals surface area contributed by atoms with E-state index in [1.54, 1.807) is 7.11 Å². The van der Waals surface area contributed by atoms with E-state index in [9.17, 15) is 18.0 Å². The minimum atomic E-state index is -4.46. The van der Waals surface area contributed by atoms with Gasteiger partial charge in [-0.2, -0.15) is 13.2 Å². The van der Waals surface area contributed by atoms with E-state index in [1.165, 1.54) is 6.07 Å². The number of rotatable bonds is 6. The quantitative estimate of drug-likeness (QED) is 0.538. The minimum absolute atomic E-state index is 0.00843. The van der Waals surface area contributed by atoms with E-state index >= 15 is 0 Å². The number of hydrogen-bond donors (Lipinski definition) is 1. The summed E-state index contributed by atoms with van der Waals surface area (Å²) < 4.78 is 51.1. The average molecular weight is 482 g/mol. The Kier molecular flexibility index (Phi) is 7.07. The lowest BCUT2D eigenvalue weighted by atomic mass is 9.82. The Morgan fingerprint density at radius 2 is 1.85 bits per heavy atom. The van der Waals surface area contributed by atoms with E-state index < -0.39 is 17.7 Å². The zero-order valence-corrected chi connectivity index (χ0v) is 19.1. The third-order valence-electron chi connectivity index (χ3n) is 6.56. The maximum Gasteiger partial charge on any atom is 0.416 e. The molecule has 4 rings (SSSR count). The number of piperidine rings is 1. The molecule has 1 amide bonds. The second-order valence-corrected chi connectivity index (χ2v) is 9.22. The van der Waals surface area contributed by atoms with Crippen LogP contribution in [-0.2, 0) is 17.4 Å². The summed E-state index contributed by atoms with van der Waals surface area (Å²) in [6.07, 6.45) is 0.716. The lowest BCUT2D eigenvalue weighted by molar-refractivity contribution is -0.137. The molecule has 2 aromatic rings. The van der Waals surface area contributed by atoms with Gasteiger partial charge >= 0.3 is 6.18 Å². The molecular weight excluding hydrogens is 455 g/mol. The molecule has 1 aliphatic heterocycles. The predicted octanol–water partition coefficient (Wildman–Crippen LogP) is 6.15. The van der Waals surface area contributed by atoms with Gasteiger partial charge in [0.05, 0.1) is 18.8 Å². The van der Waals surface area contributed by atoms with Crippen LogP contribution in [0.1, 0.15) is 54.7 Å². The van der Waals surface area contributed by atoms with Gasteiger partial charge in [0.25, 0.3) is 0 Å². The maximum atomic E-state index is 13.1. The van der Waals surface area contributed by atoms with Gasteiger partial charge < -0.3 is 14.8 Å². The zero-order valence-electron chi connectivity index (χ0n) is 18.4. The van der Waals surface area contributed by atoms with Crippen molar-refractivity contribution >= 4 is 17.5 Å². The maximum absolute atomic E-state index is 13.1. The van der Waals surface area contributed by atoms with E-state index in [0.29, 0.717) is 30.0 Å². The lowest BCUT2D eigenvalue weighted by Gasteiger charge is -2.30. The number of carbonyl (C=O) groups excluding carboxylic acids is 1. The molecule has 1 saturated heterocycles. The molecule has 0 bridgehead atoms. The van der Waals surface area contributed by atoms with Gasteiger partial charge in [0, 0.05) is 23.4 Å². The summed E-state index contributed by atoms with van der Waals surface area (Å²) in [6, 6.07) is 9.03. The number of hydrogen-bond acceptors (Lipinski definition) is 3. The number of halogens is 4. The summed E-state index contributed by atoms with van der Waals surface area (Å²) in [5.41, 5.74) is 0.565. The highest BCUT2D eigenvalue weighted by Crippen LogP contribution is 2.38. The zero-order chi connectivity index (χ0) is 23.6. The second kappa shape index (κ2) is 9.84. The van der Waals surface area contributed by atoms with Gasteiger partial charge in [-0.15, -0.1) is 0 Å². The molecule has 1 heterocycles. The van der Waals surface area contributed by atoms with Crippen LogP contribution < -0.4 is 14.8 Å². The van der Waals surface area contributed by atoms with E-state index in [2.05, 4.69) is 5.32 Å². The van der Waals surface area contributed by atoms with Crippen molar-refractivity contribution in [3.8, 4) is 11.5 Å². The third-order valence-corrected chi connectivity index (χ3v) is 6.93. The standard InChI is InChI=1S/C25H27ClF3NO3/c1-32-22-9-6-15(13-23(22)33-20-4-2-3-5-20)18-11-17(24(31)30-14-18)10-16-12-19(25(27,28)29)7-8-21(16)26/h6-9,12-13,17-18,20H,2-5,10-11,14H2,1H3,(H,30,31)/t17-,18+/m0/s1. The van der Waals surface area contributed by atoms with Crippen LogP contribution in [0.25, 0.3) is 0 Å². The van der Waals surface area contributed by atoms with Crippen LogP contribution in [0.5, 0.6) is 11.5 Å². The molecular formula is C25H27ClF3NO3. The molecule has 8 heteroatoms. The monoisotopic (exact) mass is 481 g/mol. The first-order valence-electron chi connectivity index (χ1n) is 11.2. The third kappa shape index (κ3) is 5.57. The predicted molar refractivity (Wildman–Crippen MR) is 120 cm³/mol. The Morgan fingerprint density at radius 3 is 2.55 bits per heavy atom. The number of nitrogens with one attached hydrogen (secondary N) is 1. The molecule has 0 aromatic heterocycles. The first kappa shape index (κ1) is 23.7. The summed E-state index contributed by atoms with van der Waals surface area (Å²) in [5.74, 6) is 0.713. The topological polar surface area (TPSA) is 47.6 Å². The summed E-state index contributed by atoms with van der Waals surface area (Å²) in [5, 5.41) is 3.14. The van der Waals surface area contributed by atoms with Crippen LogP contribution in [-0.4, -0.2) is 25.7 Å². The van der Waals surface area contributed by atoms with Crippen LogP contribution >= 0.6 is 11.6 Å². The highest BCUT2D eigenvalue weighted by Gasteiger charge is 2.33. The Labute approximate surface area is 196 Å². The Morgan fingerprint density at radius 1 is 1.09 bits per heavy atom. The van der Waals surface area contributed by atoms with E-state index in [4.69, 9.17) is 21.1 Å². The molecule has 2 atom stereocenters. The number of amides is 1. The van der Waals surface area contributed by atoms with E-state index in [1.807, 2.05) is 18.2 Å². The molecule has 1 aliphatic carbocycles. The van der Waals surface area contributed by atoms with Crippen molar-refractivity contribution in [2.75, 3.05) is 13.7 Å². The Hall–Kier alpha value is -2.41. The molecule has 0 radical (unpaired) electrons. The number of carbonyl (C=O) groups is 1. The van der Waals surface area contributed by atoms with Crippen LogP contribution in [0.15, 0.2) is 36.4 Å². The number of alkyl halides is 3. The average Bonchev–Trinajstić information content (AvgIpc) is 3.29. The highest BCUT2D eigenvalue weighted by atomic mass is 35.5. The SMILES string of the molecule is COc1ccc([C@H]2CNC(=O)[C@@H](Cc3cc(C(F)(F)F)ccc3Cl)C2)cc1OC1CCCC1. The van der Waals surface area contributed by atoms with Crippen LogP contribution in [0.4, 0.5) is 13.2 Å². The van der Waals surface area contributed by atoms with Crippen molar-refractivity contribution < 1.29 is 27.4 Å². The van der Waals surface area contributed by atoms with Crippen molar-refractivity contribution in [1.82, 2.24) is 5.32 Å². The highest BCUT2D eigenvalue weighted by molar-refractivity contribution is 6.31. The second-order valence-electron chi connectivity index (χ2n) is 8.82.